The van der Waals surface area contributed by atoms with Gasteiger partial charge in [0.25, 0.3) is 0 Å². The topological polar surface area (TPSA) is 52.0 Å². The molecule has 0 amide bonds. The Bertz CT molecular complexity index is 558. The molecule has 1 aliphatic carbocycles. The van der Waals surface area contributed by atoms with Gasteiger partial charge in [-0.3, -0.25) is 0 Å². The Hall–Kier alpha value is -1.55. The molecule has 0 unspecified atom stereocenters. The number of hydrogen-bond acceptors (Lipinski definition) is 3. The normalized spacial score (nSPS) is 15.2. The van der Waals surface area contributed by atoms with Crippen LogP contribution in [-0.2, 0) is 0 Å². The molecule has 3 nitrogen and oxygen atoms in total. The zero-order chi connectivity index (χ0) is 12.0. The van der Waals surface area contributed by atoms with Gasteiger partial charge in [0.15, 0.2) is 0 Å². The first-order chi connectivity index (χ1) is 8.18. The van der Waals surface area contributed by atoms with E-state index in [0.29, 0.717) is 16.5 Å². The first kappa shape index (κ1) is 10.6. The summed E-state index contributed by atoms with van der Waals surface area (Å²) >= 11 is 6.03. The highest BCUT2D eigenvalue weighted by Gasteiger charge is 2.33. The lowest BCUT2D eigenvalue weighted by molar-refractivity contribution is 0.428. The van der Waals surface area contributed by atoms with Crippen LogP contribution in [0.2, 0.25) is 5.02 Å². The summed E-state index contributed by atoms with van der Waals surface area (Å²) in [5.41, 5.74) is 7.24. The third-order valence-electron chi connectivity index (χ3n) is 2.92. The minimum atomic E-state index is -0.408. The minimum absolute atomic E-state index is 0.124. The standard InChI is InChI=1S/C12H10ClFN2O/c13-7-2-1-3-8(14)9(7)10-11(6-4-5-6)16-17-12(10)15/h1-3,6H,4-5,15H2. The molecule has 0 radical (unpaired) electrons. The minimum Gasteiger partial charge on any atom is -0.367 e. The predicted molar refractivity (Wildman–Crippen MR) is 63.3 cm³/mol. The second-order valence-electron chi connectivity index (χ2n) is 4.18. The van der Waals surface area contributed by atoms with Crippen molar-refractivity contribution < 1.29 is 8.91 Å². The van der Waals surface area contributed by atoms with E-state index in [1.54, 1.807) is 12.1 Å². The summed E-state index contributed by atoms with van der Waals surface area (Å²) in [6.45, 7) is 0. The number of nitrogens with two attached hydrogens (primary N) is 1. The Morgan fingerprint density at radius 2 is 2.12 bits per heavy atom. The maximum Gasteiger partial charge on any atom is 0.230 e. The van der Waals surface area contributed by atoms with E-state index < -0.39 is 5.82 Å². The van der Waals surface area contributed by atoms with Crippen molar-refractivity contribution in [1.29, 1.82) is 0 Å². The Kier molecular flexibility index (Phi) is 2.33. The quantitative estimate of drug-likeness (QED) is 0.889. The average Bonchev–Trinajstić information content (AvgIpc) is 3.05. The summed E-state index contributed by atoms with van der Waals surface area (Å²) in [6.07, 6.45) is 2.07. The van der Waals surface area contributed by atoms with E-state index in [4.69, 9.17) is 21.9 Å². The second kappa shape index (κ2) is 3.74. The summed E-state index contributed by atoms with van der Waals surface area (Å²) < 4.78 is 18.8. The van der Waals surface area contributed by atoms with Crippen LogP contribution in [0.4, 0.5) is 10.3 Å². The van der Waals surface area contributed by atoms with Crippen molar-refractivity contribution in [2.45, 2.75) is 18.8 Å². The van der Waals surface area contributed by atoms with Crippen LogP contribution in [-0.4, -0.2) is 5.16 Å². The van der Waals surface area contributed by atoms with Crippen molar-refractivity contribution in [1.82, 2.24) is 5.16 Å². The molecule has 1 saturated carbocycles. The van der Waals surface area contributed by atoms with Gasteiger partial charge in [-0.15, -0.1) is 0 Å². The molecule has 0 spiro atoms. The van der Waals surface area contributed by atoms with Crippen molar-refractivity contribution in [2.24, 2.45) is 0 Å². The van der Waals surface area contributed by atoms with Crippen LogP contribution in [0.25, 0.3) is 11.1 Å². The molecule has 1 aliphatic rings. The van der Waals surface area contributed by atoms with Gasteiger partial charge in [0.1, 0.15) is 5.82 Å². The largest absolute Gasteiger partial charge is 0.367 e. The maximum absolute atomic E-state index is 13.8. The number of anilines is 1. The Labute approximate surface area is 102 Å². The molecule has 0 atom stereocenters. The number of hydrogen-bond donors (Lipinski definition) is 1. The number of halogens is 2. The van der Waals surface area contributed by atoms with Gasteiger partial charge in [0, 0.05) is 11.5 Å². The molecule has 0 bridgehead atoms. The zero-order valence-electron chi connectivity index (χ0n) is 8.91. The zero-order valence-corrected chi connectivity index (χ0v) is 9.67. The molecule has 5 heteroatoms. The van der Waals surface area contributed by atoms with Crippen molar-refractivity contribution >= 4 is 17.5 Å². The first-order valence-corrected chi connectivity index (χ1v) is 5.75. The number of nitrogens with zero attached hydrogens (tertiary/aromatic N) is 1. The summed E-state index contributed by atoms with van der Waals surface area (Å²) in [5, 5.41) is 4.23. The predicted octanol–water partition coefficient (Wildman–Crippen LogP) is 3.59. The Balaban J connectivity index is 2.24. The smallest absolute Gasteiger partial charge is 0.230 e. The monoisotopic (exact) mass is 252 g/mol. The lowest BCUT2D eigenvalue weighted by Crippen LogP contribution is -1.93. The molecule has 0 saturated heterocycles. The van der Waals surface area contributed by atoms with Crippen LogP contribution < -0.4 is 5.73 Å². The molecule has 1 aromatic carbocycles. The molecular weight excluding hydrogens is 243 g/mol. The van der Waals surface area contributed by atoms with E-state index in [1.165, 1.54) is 6.07 Å². The van der Waals surface area contributed by atoms with E-state index in [9.17, 15) is 4.39 Å². The third-order valence-corrected chi connectivity index (χ3v) is 3.24. The van der Waals surface area contributed by atoms with Gasteiger partial charge in [-0.1, -0.05) is 22.8 Å². The van der Waals surface area contributed by atoms with E-state index >= 15 is 0 Å². The molecule has 0 aliphatic heterocycles. The average molecular weight is 253 g/mol. The molecule has 88 valence electrons. The summed E-state index contributed by atoms with van der Waals surface area (Å²) in [6, 6.07) is 4.54. The lowest BCUT2D eigenvalue weighted by Gasteiger charge is -2.05. The van der Waals surface area contributed by atoms with Crippen LogP contribution in [0.1, 0.15) is 24.5 Å². The van der Waals surface area contributed by atoms with Crippen LogP contribution >= 0.6 is 11.6 Å². The summed E-state index contributed by atoms with van der Waals surface area (Å²) in [5.74, 6) is 0.0370. The molecule has 2 aromatic rings. The molecule has 1 heterocycles. The number of rotatable bonds is 2. The van der Waals surface area contributed by atoms with E-state index in [1.807, 2.05) is 0 Å². The summed E-state index contributed by atoms with van der Waals surface area (Å²) in [7, 11) is 0. The lowest BCUT2D eigenvalue weighted by atomic mass is 10.0. The molecule has 1 aromatic heterocycles. The third kappa shape index (κ3) is 1.69. The van der Waals surface area contributed by atoms with Gasteiger partial charge >= 0.3 is 0 Å². The van der Waals surface area contributed by atoms with E-state index in [2.05, 4.69) is 5.16 Å². The highest BCUT2D eigenvalue weighted by molar-refractivity contribution is 6.33. The van der Waals surface area contributed by atoms with Gasteiger partial charge in [0.2, 0.25) is 5.88 Å². The highest BCUT2D eigenvalue weighted by atomic mass is 35.5. The van der Waals surface area contributed by atoms with Gasteiger partial charge in [-0.05, 0) is 25.0 Å². The van der Waals surface area contributed by atoms with Gasteiger partial charge < -0.3 is 10.3 Å². The SMILES string of the molecule is Nc1onc(C2CC2)c1-c1c(F)cccc1Cl. The number of benzene rings is 1. The van der Waals surface area contributed by atoms with E-state index in [-0.39, 0.29) is 11.4 Å². The molecule has 1 fully saturated rings. The fourth-order valence-corrected chi connectivity index (χ4v) is 2.20. The summed E-state index contributed by atoms with van der Waals surface area (Å²) in [4.78, 5) is 0. The fourth-order valence-electron chi connectivity index (χ4n) is 1.94. The Morgan fingerprint density at radius 1 is 1.35 bits per heavy atom. The Morgan fingerprint density at radius 3 is 2.76 bits per heavy atom. The van der Waals surface area contributed by atoms with Gasteiger partial charge in [-0.2, -0.15) is 0 Å². The van der Waals surface area contributed by atoms with Gasteiger partial charge in [-0.25, -0.2) is 4.39 Å². The van der Waals surface area contributed by atoms with Crippen LogP contribution in [0.3, 0.4) is 0 Å². The molecule has 2 N–H and O–H groups in total. The number of aromatic nitrogens is 1. The van der Waals surface area contributed by atoms with Crippen molar-refractivity contribution in [3.63, 3.8) is 0 Å². The molecular formula is C12H10ClFN2O. The second-order valence-corrected chi connectivity index (χ2v) is 4.59. The van der Waals surface area contributed by atoms with Crippen LogP contribution in [0.5, 0.6) is 0 Å². The van der Waals surface area contributed by atoms with Crippen molar-refractivity contribution in [2.75, 3.05) is 5.73 Å². The van der Waals surface area contributed by atoms with Crippen LogP contribution in [0.15, 0.2) is 22.7 Å². The first-order valence-electron chi connectivity index (χ1n) is 5.38. The van der Waals surface area contributed by atoms with Crippen LogP contribution in [0, 0.1) is 5.82 Å². The van der Waals surface area contributed by atoms with Gasteiger partial charge in [0.05, 0.1) is 16.3 Å². The van der Waals surface area contributed by atoms with E-state index in [0.717, 1.165) is 18.5 Å². The molecule has 17 heavy (non-hydrogen) atoms. The fraction of sp³-hybridized carbons (Fsp3) is 0.250. The van der Waals surface area contributed by atoms with Crippen molar-refractivity contribution in [3.8, 4) is 11.1 Å². The maximum atomic E-state index is 13.8. The van der Waals surface area contributed by atoms with Crippen molar-refractivity contribution in [3.05, 3.63) is 34.7 Å². The number of nitrogen functional groups attached to an aromatic ring is 1. The highest BCUT2D eigenvalue weighted by Crippen LogP contribution is 2.47. The molecule has 3 rings (SSSR count).